The molecule has 32 heavy (non-hydrogen) atoms. The molecule has 184 valence electrons. The lowest BCUT2D eigenvalue weighted by atomic mass is 9.82. The molecular formula is C22H38F3N5O2. The van der Waals surface area contributed by atoms with Crippen LogP contribution in [0.25, 0.3) is 0 Å². The van der Waals surface area contributed by atoms with E-state index in [9.17, 15) is 18.0 Å². The van der Waals surface area contributed by atoms with E-state index < -0.39 is 24.4 Å². The van der Waals surface area contributed by atoms with Crippen LogP contribution >= 0.6 is 0 Å². The van der Waals surface area contributed by atoms with Crippen molar-refractivity contribution in [1.82, 2.24) is 21.5 Å². The van der Waals surface area contributed by atoms with E-state index in [0.29, 0.717) is 44.4 Å². The molecule has 1 aliphatic heterocycles. The van der Waals surface area contributed by atoms with Gasteiger partial charge in [0.05, 0.1) is 6.61 Å². The zero-order valence-electron chi connectivity index (χ0n) is 19.1. The van der Waals surface area contributed by atoms with Gasteiger partial charge in [0.15, 0.2) is 5.96 Å². The number of aliphatic imine (C=N–C) groups is 1. The Balaban J connectivity index is 1.60. The summed E-state index contributed by atoms with van der Waals surface area (Å²) >= 11 is 0. The predicted molar refractivity (Wildman–Crippen MR) is 117 cm³/mol. The fourth-order valence-electron chi connectivity index (χ4n) is 4.80. The van der Waals surface area contributed by atoms with Crippen LogP contribution < -0.4 is 21.5 Å². The summed E-state index contributed by atoms with van der Waals surface area (Å²) in [4.78, 5) is 17.4. The molecule has 6 unspecified atom stereocenters. The molecule has 0 radical (unpaired) electrons. The summed E-state index contributed by atoms with van der Waals surface area (Å²) in [6.45, 7) is 4.84. The quantitative estimate of drug-likeness (QED) is 0.346. The Kier molecular flexibility index (Phi) is 9.61. The fraction of sp³-hybridized carbons (Fsp3) is 0.909. The lowest BCUT2D eigenvalue weighted by molar-refractivity contribution is -0.125. The monoisotopic (exact) mass is 461 g/mol. The van der Waals surface area contributed by atoms with Crippen molar-refractivity contribution in [2.24, 2.45) is 16.8 Å². The molecule has 3 aliphatic rings. The molecule has 3 rings (SSSR count). The van der Waals surface area contributed by atoms with Gasteiger partial charge in [0, 0.05) is 31.0 Å². The molecule has 10 heteroatoms. The highest BCUT2D eigenvalue weighted by Crippen LogP contribution is 2.31. The SMILES string of the molecule is CCOCC(C)N/C(=N/C1CC(C2CCC(F)CC2)NN1)NC(=O)C1CCC(F)C(F)C1. The molecule has 2 saturated carbocycles. The number of halogens is 3. The van der Waals surface area contributed by atoms with Crippen LogP contribution in [-0.2, 0) is 9.53 Å². The standard InChI is InChI=1S/C22H38F3N5O2/c1-3-32-12-13(2)26-22(28-21(31)15-6-9-17(24)18(25)10-15)27-20-11-19(29-30-20)14-4-7-16(23)8-5-14/h13-20,29-30H,3-12H2,1-2H3,(H2,26,27,28,31). The summed E-state index contributed by atoms with van der Waals surface area (Å²) in [7, 11) is 0. The first-order valence-corrected chi connectivity index (χ1v) is 12.0. The molecule has 1 saturated heterocycles. The van der Waals surface area contributed by atoms with E-state index >= 15 is 0 Å². The molecule has 0 aromatic heterocycles. The zero-order chi connectivity index (χ0) is 23.1. The maximum absolute atomic E-state index is 13.8. The number of carbonyl (C=O) groups is 1. The topological polar surface area (TPSA) is 86.8 Å². The van der Waals surface area contributed by atoms with Crippen LogP contribution in [0.3, 0.4) is 0 Å². The fourth-order valence-corrected chi connectivity index (χ4v) is 4.80. The third kappa shape index (κ3) is 7.31. The first-order chi connectivity index (χ1) is 15.4. The highest BCUT2D eigenvalue weighted by atomic mass is 19.2. The van der Waals surface area contributed by atoms with Crippen LogP contribution in [-0.4, -0.2) is 61.8 Å². The van der Waals surface area contributed by atoms with E-state index in [4.69, 9.17) is 4.74 Å². The van der Waals surface area contributed by atoms with Crippen LogP contribution in [0.1, 0.15) is 65.2 Å². The highest BCUT2D eigenvalue weighted by Gasteiger charge is 2.36. The maximum Gasteiger partial charge on any atom is 0.229 e. The number of nitrogens with zero attached hydrogens (tertiary/aromatic N) is 1. The van der Waals surface area contributed by atoms with Crippen molar-refractivity contribution >= 4 is 11.9 Å². The van der Waals surface area contributed by atoms with Gasteiger partial charge >= 0.3 is 0 Å². The van der Waals surface area contributed by atoms with Crippen molar-refractivity contribution in [2.75, 3.05) is 13.2 Å². The van der Waals surface area contributed by atoms with Crippen molar-refractivity contribution in [2.45, 2.75) is 102 Å². The van der Waals surface area contributed by atoms with Gasteiger partial charge in [0.2, 0.25) is 5.91 Å². The lowest BCUT2D eigenvalue weighted by Gasteiger charge is -2.28. The minimum Gasteiger partial charge on any atom is -0.380 e. The van der Waals surface area contributed by atoms with Gasteiger partial charge < -0.3 is 10.1 Å². The molecule has 6 atom stereocenters. The lowest BCUT2D eigenvalue weighted by Crippen LogP contribution is -2.50. The number of carbonyl (C=O) groups excluding carboxylic acids is 1. The Bertz CT molecular complexity index is 633. The molecule has 0 spiro atoms. The minimum absolute atomic E-state index is 0.0524. The average Bonchev–Trinajstić information content (AvgIpc) is 3.23. The van der Waals surface area contributed by atoms with Crippen LogP contribution in [0.2, 0.25) is 0 Å². The Morgan fingerprint density at radius 2 is 1.81 bits per heavy atom. The van der Waals surface area contributed by atoms with E-state index in [1.165, 1.54) is 0 Å². The van der Waals surface area contributed by atoms with E-state index in [2.05, 4.69) is 26.5 Å². The average molecular weight is 462 g/mol. The number of alkyl halides is 3. The summed E-state index contributed by atoms with van der Waals surface area (Å²) in [5.74, 6) is -0.231. The second-order valence-corrected chi connectivity index (χ2v) is 9.37. The number of nitrogens with one attached hydrogen (secondary N) is 4. The predicted octanol–water partition coefficient (Wildman–Crippen LogP) is 2.67. The number of rotatable bonds is 7. The number of hydrogen-bond acceptors (Lipinski definition) is 5. The third-order valence-corrected chi connectivity index (χ3v) is 6.73. The minimum atomic E-state index is -1.61. The van der Waals surface area contributed by atoms with Gasteiger partial charge in [-0.15, -0.1) is 0 Å². The summed E-state index contributed by atoms with van der Waals surface area (Å²) in [5, 5.41) is 5.97. The van der Waals surface area contributed by atoms with Crippen molar-refractivity contribution < 1.29 is 22.7 Å². The van der Waals surface area contributed by atoms with Gasteiger partial charge in [0.25, 0.3) is 0 Å². The van der Waals surface area contributed by atoms with Crippen LogP contribution in [0.5, 0.6) is 0 Å². The van der Waals surface area contributed by atoms with E-state index in [0.717, 1.165) is 19.3 Å². The van der Waals surface area contributed by atoms with Crippen LogP contribution in [0.15, 0.2) is 4.99 Å². The first kappa shape index (κ1) is 25.2. The maximum atomic E-state index is 13.8. The Hall–Kier alpha value is -1.39. The normalized spacial score (nSPS) is 37.2. The van der Waals surface area contributed by atoms with Crippen LogP contribution in [0, 0.1) is 11.8 Å². The van der Waals surface area contributed by atoms with Gasteiger partial charge in [-0.2, -0.15) is 0 Å². The Morgan fingerprint density at radius 3 is 2.50 bits per heavy atom. The molecule has 1 amide bonds. The number of amides is 1. The number of hydrazine groups is 1. The molecule has 0 bridgehead atoms. The second-order valence-electron chi connectivity index (χ2n) is 9.37. The van der Waals surface area contributed by atoms with Crippen LogP contribution in [0.4, 0.5) is 13.2 Å². The summed E-state index contributed by atoms with van der Waals surface area (Å²) in [6.07, 6.45) is -0.160. The van der Waals surface area contributed by atoms with Crippen molar-refractivity contribution in [1.29, 1.82) is 0 Å². The largest absolute Gasteiger partial charge is 0.380 e. The molecule has 4 N–H and O–H groups in total. The highest BCUT2D eigenvalue weighted by molar-refractivity contribution is 5.98. The van der Waals surface area contributed by atoms with Crippen molar-refractivity contribution in [3.63, 3.8) is 0 Å². The molecule has 1 heterocycles. The summed E-state index contributed by atoms with van der Waals surface area (Å²) < 4.78 is 46.1. The summed E-state index contributed by atoms with van der Waals surface area (Å²) in [5.41, 5.74) is 6.44. The van der Waals surface area contributed by atoms with Gasteiger partial charge in [-0.3, -0.25) is 15.5 Å². The molecule has 0 aromatic rings. The van der Waals surface area contributed by atoms with E-state index in [1.807, 2.05) is 13.8 Å². The molecule has 2 aliphatic carbocycles. The molecule has 0 aromatic carbocycles. The number of ether oxygens (including phenoxy) is 1. The summed E-state index contributed by atoms with van der Waals surface area (Å²) in [6, 6.07) is 0.0932. The first-order valence-electron chi connectivity index (χ1n) is 12.0. The molecular weight excluding hydrogens is 423 g/mol. The van der Waals surface area contributed by atoms with E-state index in [1.54, 1.807) is 0 Å². The number of guanidine groups is 1. The van der Waals surface area contributed by atoms with E-state index in [-0.39, 0.29) is 37.0 Å². The molecule has 7 nitrogen and oxygen atoms in total. The second kappa shape index (κ2) is 12.2. The Morgan fingerprint density at radius 1 is 1.06 bits per heavy atom. The molecule has 3 fully saturated rings. The van der Waals surface area contributed by atoms with Gasteiger partial charge in [-0.05, 0) is 64.7 Å². The number of hydrogen-bond donors (Lipinski definition) is 4. The Labute approximate surface area is 188 Å². The third-order valence-electron chi connectivity index (χ3n) is 6.73. The smallest absolute Gasteiger partial charge is 0.229 e. The van der Waals surface area contributed by atoms with Gasteiger partial charge in [-0.25, -0.2) is 23.6 Å². The zero-order valence-corrected chi connectivity index (χ0v) is 19.1. The van der Waals surface area contributed by atoms with Crippen molar-refractivity contribution in [3.8, 4) is 0 Å². The van der Waals surface area contributed by atoms with Crippen molar-refractivity contribution in [3.05, 3.63) is 0 Å². The van der Waals surface area contributed by atoms with Gasteiger partial charge in [0.1, 0.15) is 24.7 Å². The van der Waals surface area contributed by atoms with Gasteiger partial charge in [-0.1, -0.05) is 0 Å².